The largest absolute Gasteiger partial charge is 0.508 e. The predicted molar refractivity (Wildman–Crippen MR) is 125 cm³/mol. The fourth-order valence-corrected chi connectivity index (χ4v) is 9.99. The van der Waals surface area contributed by atoms with Gasteiger partial charge >= 0.3 is 10.8 Å². The quantitative estimate of drug-likeness (QED) is 0.551. The Morgan fingerprint density at radius 3 is 2.44 bits per heavy atom. The van der Waals surface area contributed by atoms with Crippen LogP contribution in [0.2, 0.25) is 0 Å². The number of carbonyl (C=O) groups excluding carboxylic acids is 2. The number of thiazole rings is 1. The average molecular weight is 501 g/mol. The summed E-state index contributed by atoms with van der Waals surface area (Å²) in [6.07, 6.45) is 0.714. The van der Waals surface area contributed by atoms with E-state index in [1.54, 1.807) is 37.7 Å². The van der Waals surface area contributed by atoms with Crippen molar-refractivity contribution >= 4 is 40.9 Å². The Labute approximate surface area is 203 Å². The average Bonchev–Trinajstić information content (AvgIpc) is 3.49. The molecule has 2 bridgehead atoms. The number of para-hydroxylation sites is 1. The van der Waals surface area contributed by atoms with Gasteiger partial charge in [0.25, 0.3) is 0 Å². The van der Waals surface area contributed by atoms with E-state index in [9.17, 15) is 29.4 Å². The Bertz CT molecular complexity index is 1280. The van der Waals surface area contributed by atoms with Crippen LogP contribution in [0, 0.1) is 35.5 Å². The van der Waals surface area contributed by atoms with Gasteiger partial charge in [0.05, 0.1) is 16.9 Å². The van der Waals surface area contributed by atoms with Gasteiger partial charge in [0.2, 0.25) is 11.8 Å². The number of phenolic OH excluding ortho intramolecular Hbond substituents is 1. The van der Waals surface area contributed by atoms with Crippen molar-refractivity contribution in [1.29, 1.82) is 0 Å². The second-order valence-corrected chi connectivity index (χ2v) is 12.3. The minimum absolute atomic E-state index is 0.00682. The molecular weight excluding hydrogens is 476 g/mol. The molecule has 2 saturated carbocycles. The van der Waals surface area contributed by atoms with E-state index in [2.05, 4.69) is 4.98 Å². The second kappa shape index (κ2) is 7.45. The molecule has 8 atom stereocenters. The number of carboxylic acid groups (broad SMARTS) is 1. The first-order valence-corrected chi connectivity index (χ1v) is 13.2. The van der Waals surface area contributed by atoms with Gasteiger partial charge in [-0.2, -0.15) is 0 Å². The van der Waals surface area contributed by atoms with E-state index in [1.807, 2.05) is 12.1 Å². The maximum atomic E-state index is 13.6. The molecule has 8 nitrogen and oxygen atoms in total. The molecule has 1 aromatic carbocycles. The summed E-state index contributed by atoms with van der Waals surface area (Å²) in [6, 6.07) is 5.91. The topological polar surface area (TPSA) is 128 Å². The van der Waals surface area contributed by atoms with E-state index >= 15 is 0 Å². The van der Waals surface area contributed by atoms with Gasteiger partial charge in [-0.15, -0.1) is 11.8 Å². The smallest absolute Gasteiger partial charge is 0.327 e. The molecule has 2 aliphatic heterocycles. The standard InChI is InChI=1S/C24H24N2O6S2/c1-8(2)17(23(30)31)26-21(28)15-10-7-11(16(15)22(26)29)18-14(10)13(9-5-3-4-6-12(9)27)19-20(33-18)25-24(32)34-19/h3-6,8,10-11,13-18,27H,7H2,1-2H3,(H,25,32)(H,30,31)/t10-,11-,13-,14-,15+,16-,17-,18-/m1/s1. The normalized spacial score (nSPS) is 34.3. The molecule has 178 valence electrons. The highest BCUT2D eigenvalue weighted by Gasteiger charge is 2.70. The minimum Gasteiger partial charge on any atom is -0.508 e. The number of aliphatic carboxylic acids is 1. The van der Waals surface area contributed by atoms with Crippen molar-refractivity contribution in [2.75, 3.05) is 0 Å². The zero-order valence-corrected chi connectivity index (χ0v) is 20.1. The molecule has 0 radical (unpaired) electrons. The molecule has 6 rings (SSSR count). The number of imide groups is 1. The number of aromatic amines is 1. The number of rotatable bonds is 4. The number of phenols is 1. The highest BCUT2D eigenvalue weighted by atomic mass is 32.2. The van der Waals surface area contributed by atoms with Gasteiger partial charge in [0, 0.05) is 21.6 Å². The maximum absolute atomic E-state index is 13.6. The minimum atomic E-state index is -1.17. The summed E-state index contributed by atoms with van der Waals surface area (Å²) in [6.45, 7) is 3.42. The molecule has 0 spiro atoms. The number of aromatic hydroxyl groups is 1. The molecule has 2 aliphatic carbocycles. The van der Waals surface area contributed by atoms with E-state index in [4.69, 9.17) is 0 Å². The fourth-order valence-electron chi connectivity index (χ4n) is 7.11. The fraction of sp³-hybridized carbons (Fsp3) is 0.500. The van der Waals surface area contributed by atoms with Crippen molar-refractivity contribution in [3.63, 3.8) is 0 Å². The lowest BCUT2D eigenvalue weighted by Crippen LogP contribution is -2.49. The van der Waals surface area contributed by atoms with Gasteiger partial charge < -0.3 is 15.2 Å². The van der Waals surface area contributed by atoms with Crippen LogP contribution in [0.3, 0.4) is 0 Å². The number of hydrogen-bond donors (Lipinski definition) is 3. The number of benzene rings is 1. The molecule has 1 saturated heterocycles. The zero-order valence-electron chi connectivity index (χ0n) is 18.5. The molecule has 1 aromatic heterocycles. The number of thioether (sulfide) groups is 1. The molecule has 34 heavy (non-hydrogen) atoms. The molecule has 2 amide bonds. The summed E-state index contributed by atoms with van der Waals surface area (Å²) in [5.74, 6) is -3.75. The summed E-state index contributed by atoms with van der Waals surface area (Å²) in [5, 5.41) is 21.3. The summed E-state index contributed by atoms with van der Waals surface area (Å²) in [5.41, 5.74) is 0.720. The van der Waals surface area contributed by atoms with Gasteiger partial charge in [-0.3, -0.25) is 19.3 Å². The number of aromatic nitrogens is 1. The number of likely N-dealkylation sites (tertiary alicyclic amines) is 1. The van der Waals surface area contributed by atoms with Crippen LogP contribution in [0.1, 0.15) is 36.6 Å². The number of nitrogens with one attached hydrogen (secondary N) is 1. The molecule has 3 N–H and O–H groups in total. The summed E-state index contributed by atoms with van der Waals surface area (Å²) in [4.78, 5) is 56.0. The first-order valence-electron chi connectivity index (χ1n) is 11.5. The number of amides is 2. The molecule has 2 aromatic rings. The molecular formula is C24H24N2O6S2. The van der Waals surface area contributed by atoms with Crippen LogP contribution in [0.4, 0.5) is 0 Å². The van der Waals surface area contributed by atoms with Crippen LogP contribution in [0.25, 0.3) is 0 Å². The van der Waals surface area contributed by atoms with Crippen molar-refractivity contribution in [2.45, 2.75) is 42.5 Å². The number of carbonyl (C=O) groups is 3. The Kier molecular flexibility index (Phi) is 4.80. The summed E-state index contributed by atoms with van der Waals surface area (Å²) < 4.78 is 0. The van der Waals surface area contributed by atoms with E-state index in [0.29, 0.717) is 6.42 Å². The first-order chi connectivity index (χ1) is 16.2. The van der Waals surface area contributed by atoms with Crippen LogP contribution in [0.15, 0.2) is 34.1 Å². The van der Waals surface area contributed by atoms with Crippen molar-refractivity contribution in [3.05, 3.63) is 44.4 Å². The van der Waals surface area contributed by atoms with Gasteiger partial charge in [0.15, 0.2) is 0 Å². The van der Waals surface area contributed by atoms with E-state index in [-0.39, 0.29) is 51.4 Å². The molecule has 4 aliphatic rings. The van der Waals surface area contributed by atoms with Gasteiger partial charge in [-0.1, -0.05) is 43.4 Å². The Balaban J connectivity index is 1.46. The van der Waals surface area contributed by atoms with Crippen molar-refractivity contribution in [2.24, 2.45) is 35.5 Å². The van der Waals surface area contributed by atoms with Crippen LogP contribution in [0.5, 0.6) is 5.75 Å². The molecule has 0 unspecified atom stereocenters. The lowest BCUT2D eigenvalue weighted by atomic mass is 9.68. The summed E-state index contributed by atoms with van der Waals surface area (Å²) >= 11 is 2.70. The van der Waals surface area contributed by atoms with E-state index < -0.39 is 29.8 Å². The number of fused-ring (bicyclic) bond motifs is 9. The highest BCUT2D eigenvalue weighted by molar-refractivity contribution is 8.00. The van der Waals surface area contributed by atoms with Gasteiger partial charge in [0.1, 0.15) is 11.8 Å². The van der Waals surface area contributed by atoms with E-state index in [1.165, 1.54) is 0 Å². The number of H-pyrrole nitrogens is 1. The van der Waals surface area contributed by atoms with Crippen LogP contribution < -0.4 is 4.87 Å². The van der Waals surface area contributed by atoms with Crippen LogP contribution in [-0.4, -0.2) is 49.2 Å². The monoisotopic (exact) mass is 500 g/mol. The summed E-state index contributed by atoms with van der Waals surface area (Å²) in [7, 11) is 0. The van der Waals surface area contributed by atoms with Crippen molar-refractivity contribution < 1.29 is 24.6 Å². The number of nitrogens with zero attached hydrogens (tertiary/aromatic N) is 1. The lowest BCUT2D eigenvalue weighted by molar-refractivity contribution is -0.157. The Morgan fingerprint density at radius 2 is 1.79 bits per heavy atom. The number of hydrogen-bond acceptors (Lipinski definition) is 7. The third-order valence-corrected chi connectivity index (χ3v) is 10.8. The molecule has 10 heteroatoms. The SMILES string of the molecule is CC(C)[C@H](C(=O)O)N1C(=O)[C@@H]2[C@H]3C[C@@H]([C@@H]2C1=O)[C@@H]1[C@@H](c2ccccc2O)c2sc(=O)[nH]c2S[C@H]31. The number of carboxylic acids is 1. The van der Waals surface area contributed by atoms with Crippen LogP contribution in [-0.2, 0) is 14.4 Å². The first kappa shape index (κ1) is 21.9. The zero-order chi connectivity index (χ0) is 24.0. The van der Waals surface area contributed by atoms with Crippen molar-refractivity contribution in [3.8, 4) is 5.75 Å². The third-order valence-electron chi connectivity index (χ3n) is 8.19. The third kappa shape index (κ3) is 2.78. The van der Waals surface area contributed by atoms with Crippen LogP contribution >= 0.6 is 23.1 Å². The van der Waals surface area contributed by atoms with Crippen molar-refractivity contribution in [1.82, 2.24) is 9.88 Å². The second-order valence-electron chi connectivity index (χ2n) is 10.1. The molecule has 3 heterocycles. The Morgan fingerprint density at radius 1 is 1.12 bits per heavy atom. The predicted octanol–water partition coefficient (Wildman–Crippen LogP) is 2.72. The van der Waals surface area contributed by atoms with Gasteiger partial charge in [-0.25, -0.2) is 4.79 Å². The molecule has 3 fully saturated rings. The maximum Gasteiger partial charge on any atom is 0.327 e. The van der Waals surface area contributed by atoms with E-state index in [0.717, 1.165) is 31.7 Å². The van der Waals surface area contributed by atoms with Gasteiger partial charge in [-0.05, 0) is 36.2 Å². The highest BCUT2D eigenvalue weighted by Crippen LogP contribution is 2.69. The Hall–Kier alpha value is -2.59. The lowest BCUT2D eigenvalue weighted by Gasteiger charge is -2.43.